The molecule has 0 aromatic heterocycles. The van der Waals surface area contributed by atoms with Crippen LogP contribution in [0, 0.1) is 11.8 Å². The summed E-state index contributed by atoms with van der Waals surface area (Å²) in [5, 5.41) is 0. The minimum absolute atomic E-state index is 0. The molecule has 4 aliphatic carbocycles. The molecular formula is C33H40Cl2Ti. The SMILES string of the molecule is C1=C(C2CCCCC2)[CH]([Ti+2]2([CH]3C(C4CCCCC4)=Cc4ccccc43)[CH2]C[CH2]2)c2ccccc21.[Cl-].[Cl-]. The van der Waals surface area contributed by atoms with Gasteiger partial charge in [-0.05, 0) is 0 Å². The van der Waals surface area contributed by atoms with Crippen LogP contribution < -0.4 is 24.8 Å². The topological polar surface area (TPSA) is 0 Å². The van der Waals surface area contributed by atoms with Crippen LogP contribution in [-0.2, 0) is 16.6 Å². The Labute approximate surface area is 234 Å². The molecule has 2 saturated carbocycles. The number of fused-ring (bicyclic) bond motifs is 2. The Morgan fingerprint density at radius 3 is 1.31 bits per heavy atom. The molecule has 2 unspecified atom stereocenters. The zero-order valence-electron chi connectivity index (χ0n) is 21.5. The summed E-state index contributed by atoms with van der Waals surface area (Å²) in [5.41, 5.74) is 10.5. The van der Waals surface area contributed by atoms with Crippen molar-refractivity contribution in [1.82, 2.24) is 0 Å². The molecule has 1 heterocycles. The Balaban J connectivity index is 0.00000133. The fourth-order valence-corrected chi connectivity index (χ4v) is 18.9. The standard InChI is InChI=1S/2C15H17.C3H6.2ClH.Ti/c2*1-2-6-12(7-3-1)15-10-13-8-4-5-9-14(13)11-15;1-3-2;;;/h2*4-5,8-12H,1-3,6-7H2;1-3H2;2*1H;/q;;;;;+2/p-2. The molecule has 3 heteroatoms. The average Bonchev–Trinajstić information content (AvgIpc) is 3.45. The van der Waals surface area contributed by atoms with E-state index in [0.29, 0.717) is 0 Å². The van der Waals surface area contributed by atoms with Crippen LogP contribution in [-0.4, -0.2) is 0 Å². The monoisotopic (exact) mass is 554 g/mol. The van der Waals surface area contributed by atoms with Gasteiger partial charge in [0.15, 0.2) is 0 Å². The van der Waals surface area contributed by atoms with E-state index in [1.165, 1.54) is 70.6 Å². The Hall–Kier alpha value is -0.786. The van der Waals surface area contributed by atoms with Gasteiger partial charge in [0, 0.05) is 0 Å². The van der Waals surface area contributed by atoms with Crippen LogP contribution >= 0.6 is 0 Å². The number of hydrogen-bond acceptors (Lipinski definition) is 0. The summed E-state index contributed by atoms with van der Waals surface area (Å²) in [6.07, 6.45) is 21.4. The summed E-state index contributed by atoms with van der Waals surface area (Å²) in [6.45, 7) is 0. The summed E-state index contributed by atoms with van der Waals surface area (Å²) >= 11 is -2.31. The van der Waals surface area contributed by atoms with Crippen molar-refractivity contribution < 1.29 is 41.4 Å². The molecule has 0 nitrogen and oxygen atoms in total. The van der Waals surface area contributed by atoms with Crippen LogP contribution in [0.4, 0.5) is 0 Å². The van der Waals surface area contributed by atoms with Gasteiger partial charge < -0.3 is 24.8 Å². The van der Waals surface area contributed by atoms with E-state index >= 15 is 0 Å². The molecule has 3 fully saturated rings. The van der Waals surface area contributed by atoms with E-state index in [-0.39, 0.29) is 24.8 Å². The molecule has 0 amide bonds. The molecule has 36 heavy (non-hydrogen) atoms. The van der Waals surface area contributed by atoms with Gasteiger partial charge in [0.1, 0.15) is 0 Å². The maximum absolute atomic E-state index is 2.71. The largest absolute Gasteiger partial charge is 1.00 e. The predicted molar refractivity (Wildman–Crippen MR) is 142 cm³/mol. The minimum Gasteiger partial charge on any atom is -1.00 e. The van der Waals surface area contributed by atoms with E-state index in [0.717, 1.165) is 20.3 Å². The van der Waals surface area contributed by atoms with Gasteiger partial charge >= 0.3 is 211 Å². The Morgan fingerprint density at radius 1 is 0.500 bits per heavy atom. The molecule has 0 radical (unpaired) electrons. The van der Waals surface area contributed by atoms with Gasteiger partial charge in [-0.3, -0.25) is 0 Å². The van der Waals surface area contributed by atoms with E-state index in [1.54, 1.807) is 31.7 Å². The first-order valence-corrected chi connectivity index (χ1v) is 18.5. The van der Waals surface area contributed by atoms with E-state index in [2.05, 4.69) is 60.7 Å². The first-order chi connectivity index (χ1) is 16.9. The van der Waals surface area contributed by atoms with Crippen LogP contribution in [0.5, 0.6) is 0 Å². The number of allylic oxidation sites excluding steroid dienone is 2. The predicted octanol–water partition coefficient (Wildman–Crippen LogP) is 3.83. The van der Waals surface area contributed by atoms with Gasteiger partial charge in [0.2, 0.25) is 0 Å². The van der Waals surface area contributed by atoms with Crippen molar-refractivity contribution in [1.29, 1.82) is 0 Å². The van der Waals surface area contributed by atoms with Crippen molar-refractivity contribution in [3.05, 3.63) is 81.9 Å². The van der Waals surface area contributed by atoms with Gasteiger partial charge in [-0.25, -0.2) is 0 Å². The minimum atomic E-state index is -2.31. The maximum Gasteiger partial charge on any atom is -1.00 e. The zero-order chi connectivity index (χ0) is 22.5. The summed E-state index contributed by atoms with van der Waals surface area (Å²) in [7, 11) is 0. The Bertz CT molecular complexity index is 1050. The summed E-state index contributed by atoms with van der Waals surface area (Å²) in [5.74, 6) is 1.71. The zero-order valence-corrected chi connectivity index (χ0v) is 24.6. The van der Waals surface area contributed by atoms with Crippen LogP contribution in [0.2, 0.25) is 9.45 Å². The molecule has 0 bridgehead atoms. The normalized spacial score (nSPS) is 26.1. The van der Waals surface area contributed by atoms with E-state index in [9.17, 15) is 0 Å². The van der Waals surface area contributed by atoms with E-state index in [4.69, 9.17) is 0 Å². The Morgan fingerprint density at radius 2 is 0.917 bits per heavy atom. The quantitative estimate of drug-likeness (QED) is 0.504. The van der Waals surface area contributed by atoms with Crippen LogP contribution in [0.25, 0.3) is 12.2 Å². The average molecular weight is 555 g/mol. The molecule has 2 atom stereocenters. The molecule has 2 aromatic rings. The van der Waals surface area contributed by atoms with Crippen LogP contribution in [0.3, 0.4) is 0 Å². The molecule has 7 rings (SSSR count). The molecule has 0 spiro atoms. The smallest absolute Gasteiger partial charge is 1.00 e. The van der Waals surface area contributed by atoms with Crippen LogP contribution in [0.15, 0.2) is 59.7 Å². The molecule has 1 aliphatic heterocycles. The molecule has 0 N–H and O–H groups in total. The molecule has 5 aliphatic rings. The second-order valence-corrected chi connectivity index (χ2v) is 19.4. The second kappa shape index (κ2) is 11.1. The van der Waals surface area contributed by atoms with Crippen molar-refractivity contribution in [2.24, 2.45) is 11.8 Å². The van der Waals surface area contributed by atoms with Gasteiger partial charge in [-0.1, -0.05) is 0 Å². The van der Waals surface area contributed by atoms with Crippen molar-refractivity contribution in [3.8, 4) is 0 Å². The third-order valence-corrected chi connectivity index (χ3v) is 20.1. The number of halogens is 2. The number of rotatable bonds is 4. The van der Waals surface area contributed by atoms with Crippen molar-refractivity contribution in [2.45, 2.75) is 88.5 Å². The first kappa shape index (κ1) is 26.8. The number of hydrogen-bond donors (Lipinski definition) is 0. The van der Waals surface area contributed by atoms with Gasteiger partial charge in [0.25, 0.3) is 0 Å². The fourth-order valence-electron chi connectivity index (χ4n) is 8.89. The fraction of sp³-hybridized carbons (Fsp3) is 0.515. The van der Waals surface area contributed by atoms with Gasteiger partial charge in [-0.15, -0.1) is 0 Å². The first-order valence-electron chi connectivity index (χ1n) is 14.5. The second-order valence-electron chi connectivity index (χ2n) is 12.2. The summed E-state index contributed by atoms with van der Waals surface area (Å²) < 4.78 is 4.81. The molecule has 190 valence electrons. The van der Waals surface area contributed by atoms with Gasteiger partial charge in [-0.2, -0.15) is 0 Å². The van der Waals surface area contributed by atoms with Crippen LogP contribution in [0.1, 0.15) is 101 Å². The molecule has 1 saturated heterocycles. The van der Waals surface area contributed by atoms with E-state index in [1.807, 2.05) is 11.1 Å². The number of benzene rings is 2. The van der Waals surface area contributed by atoms with Crippen molar-refractivity contribution in [3.63, 3.8) is 0 Å². The third-order valence-electron chi connectivity index (χ3n) is 10.5. The van der Waals surface area contributed by atoms with Crippen molar-refractivity contribution >= 4 is 12.2 Å². The molecular weight excluding hydrogens is 515 g/mol. The Kier molecular flexibility index (Phi) is 8.29. The molecule has 2 aromatic carbocycles. The van der Waals surface area contributed by atoms with Crippen molar-refractivity contribution in [2.75, 3.05) is 0 Å². The summed E-state index contributed by atoms with van der Waals surface area (Å²) in [6, 6.07) is 19.2. The van der Waals surface area contributed by atoms with E-state index < -0.39 is 16.6 Å². The summed E-state index contributed by atoms with van der Waals surface area (Å²) in [4.78, 5) is 0. The third kappa shape index (κ3) is 4.33. The maximum atomic E-state index is 2.71. The van der Waals surface area contributed by atoms with Gasteiger partial charge in [0.05, 0.1) is 0 Å².